The zero-order valence-electron chi connectivity index (χ0n) is 14.0. The summed E-state index contributed by atoms with van der Waals surface area (Å²) < 4.78 is 0. The van der Waals surface area contributed by atoms with E-state index in [1.807, 2.05) is 0 Å². The Kier molecular flexibility index (Phi) is 8.32. The summed E-state index contributed by atoms with van der Waals surface area (Å²) in [6.45, 7) is 2.60. The van der Waals surface area contributed by atoms with E-state index in [0.717, 1.165) is 32.5 Å². The third kappa shape index (κ3) is 7.26. The van der Waals surface area contributed by atoms with Crippen molar-refractivity contribution < 1.29 is 4.79 Å². The number of carbonyl (C=O) groups is 1. The van der Waals surface area contributed by atoms with E-state index in [2.05, 4.69) is 22.8 Å². The molecule has 3 nitrogen and oxygen atoms in total. The van der Waals surface area contributed by atoms with Crippen LogP contribution in [0.3, 0.4) is 0 Å². The van der Waals surface area contributed by atoms with Crippen molar-refractivity contribution in [2.24, 2.45) is 0 Å². The van der Waals surface area contributed by atoms with Crippen LogP contribution in [-0.2, 0) is 4.79 Å². The molecule has 0 spiro atoms. The Hall–Kier alpha value is -1.09. The maximum atomic E-state index is 11.8. The minimum absolute atomic E-state index is 0.181. The van der Waals surface area contributed by atoms with Crippen LogP contribution >= 0.6 is 0 Å². The van der Waals surface area contributed by atoms with Gasteiger partial charge in [-0.05, 0) is 70.8 Å². The van der Waals surface area contributed by atoms with Gasteiger partial charge in [0.2, 0.25) is 5.91 Å². The highest BCUT2D eigenvalue weighted by Crippen LogP contribution is 2.20. The number of hydrogen-bond acceptors (Lipinski definition) is 2. The van der Waals surface area contributed by atoms with Gasteiger partial charge in [0.05, 0.1) is 0 Å². The molecule has 0 saturated carbocycles. The molecule has 0 bridgehead atoms. The fourth-order valence-electron chi connectivity index (χ4n) is 3.29. The maximum absolute atomic E-state index is 11.8. The quantitative estimate of drug-likeness (QED) is 0.501. The van der Waals surface area contributed by atoms with Crippen molar-refractivity contribution in [2.45, 2.75) is 70.6 Å². The third-order valence-electron chi connectivity index (χ3n) is 4.69. The molecular weight excluding hydrogens is 272 g/mol. The van der Waals surface area contributed by atoms with Crippen molar-refractivity contribution in [2.75, 3.05) is 19.6 Å². The molecule has 2 N–H and O–H groups in total. The summed E-state index contributed by atoms with van der Waals surface area (Å²) >= 11 is 0. The van der Waals surface area contributed by atoms with Crippen LogP contribution in [0.15, 0.2) is 23.3 Å². The molecule has 0 fully saturated rings. The first-order chi connectivity index (χ1) is 10.8. The summed E-state index contributed by atoms with van der Waals surface area (Å²) in [6.07, 6.45) is 17.9. The topological polar surface area (TPSA) is 41.1 Å². The third-order valence-corrected chi connectivity index (χ3v) is 4.69. The fraction of sp³-hybridized carbons (Fsp3) is 0.737. The molecule has 0 unspecified atom stereocenters. The lowest BCUT2D eigenvalue weighted by Gasteiger charge is -2.13. The molecule has 2 rings (SSSR count). The van der Waals surface area contributed by atoms with Crippen LogP contribution in [0.25, 0.3) is 0 Å². The SMILES string of the molecule is O=C(CCNCCC1=CCCCC1)NCCC1=CCCCC1. The predicted octanol–water partition coefficient (Wildman–Crippen LogP) is 3.86. The number of allylic oxidation sites excluding steroid dienone is 2. The highest BCUT2D eigenvalue weighted by Gasteiger charge is 2.06. The van der Waals surface area contributed by atoms with Crippen molar-refractivity contribution in [1.82, 2.24) is 10.6 Å². The van der Waals surface area contributed by atoms with Gasteiger partial charge in [0.15, 0.2) is 0 Å². The van der Waals surface area contributed by atoms with Gasteiger partial charge in [0.25, 0.3) is 0 Å². The second-order valence-electron chi connectivity index (χ2n) is 6.57. The fourth-order valence-corrected chi connectivity index (χ4v) is 3.29. The Morgan fingerprint density at radius 1 is 0.864 bits per heavy atom. The molecule has 2 aliphatic rings. The van der Waals surface area contributed by atoms with E-state index in [4.69, 9.17) is 0 Å². The molecule has 0 aliphatic heterocycles. The zero-order chi connectivity index (χ0) is 15.5. The van der Waals surface area contributed by atoms with E-state index in [1.165, 1.54) is 56.9 Å². The first-order valence-electron chi connectivity index (χ1n) is 9.18. The number of amides is 1. The molecule has 0 saturated heterocycles. The lowest BCUT2D eigenvalue weighted by Crippen LogP contribution is -2.29. The van der Waals surface area contributed by atoms with Crippen molar-refractivity contribution in [3.63, 3.8) is 0 Å². The molecule has 124 valence electrons. The largest absolute Gasteiger partial charge is 0.356 e. The van der Waals surface area contributed by atoms with Crippen molar-refractivity contribution in [1.29, 1.82) is 0 Å². The number of hydrogen-bond donors (Lipinski definition) is 2. The molecule has 0 atom stereocenters. The predicted molar refractivity (Wildman–Crippen MR) is 92.8 cm³/mol. The molecule has 3 heteroatoms. The van der Waals surface area contributed by atoms with Crippen LogP contribution in [0.4, 0.5) is 0 Å². The molecular formula is C19H32N2O. The molecule has 22 heavy (non-hydrogen) atoms. The van der Waals surface area contributed by atoms with Gasteiger partial charge < -0.3 is 10.6 Å². The molecule has 0 radical (unpaired) electrons. The second-order valence-corrected chi connectivity index (χ2v) is 6.57. The van der Waals surface area contributed by atoms with Gasteiger partial charge >= 0.3 is 0 Å². The zero-order valence-corrected chi connectivity index (χ0v) is 14.0. The highest BCUT2D eigenvalue weighted by molar-refractivity contribution is 5.76. The summed E-state index contributed by atoms with van der Waals surface area (Å²) in [7, 11) is 0. The van der Waals surface area contributed by atoms with Crippen LogP contribution in [0.2, 0.25) is 0 Å². The Bertz CT molecular complexity index is 398. The number of carbonyl (C=O) groups excluding carboxylic acids is 1. The average molecular weight is 304 g/mol. The summed E-state index contributed by atoms with van der Waals surface area (Å²) in [4.78, 5) is 11.8. The minimum atomic E-state index is 0.181. The van der Waals surface area contributed by atoms with Crippen molar-refractivity contribution >= 4 is 5.91 Å². The molecule has 1 amide bonds. The summed E-state index contributed by atoms with van der Waals surface area (Å²) in [5, 5.41) is 6.43. The standard InChI is InChI=1S/C19H32N2O/c22-19(21-16-12-18-9-5-2-6-10-18)13-15-20-14-11-17-7-3-1-4-8-17/h7,9,20H,1-6,8,10-16H2,(H,21,22). The molecule has 0 aromatic carbocycles. The molecule has 2 aliphatic carbocycles. The molecule has 0 aromatic heterocycles. The van der Waals surface area contributed by atoms with Crippen LogP contribution in [0.1, 0.15) is 70.6 Å². The van der Waals surface area contributed by atoms with E-state index >= 15 is 0 Å². The highest BCUT2D eigenvalue weighted by atomic mass is 16.1. The van der Waals surface area contributed by atoms with E-state index in [1.54, 1.807) is 5.57 Å². The molecule has 0 aromatic rings. The van der Waals surface area contributed by atoms with E-state index in [-0.39, 0.29) is 5.91 Å². The average Bonchev–Trinajstić information content (AvgIpc) is 2.56. The van der Waals surface area contributed by atoms with Crippen LogP contribution in [-0.4, -0.2) is 25.5 Å². The van der Waals surface area contributed by atoms with Gasteiger partial charge in [-0.1, -0.05) is 23.3 Å². The van der Waals surface area contributed by atoms with E-state index in [9.17, 15) is 4.79 Å². The van der Waals surface area contributed by atoms with Gasteiger partial charge in [-0.25, -0.2) is 0 Å². The minimum Gasteiger partial charge on any atom is -0.356 e. The van der Waals surface area contributed by atoms with E-state index < -0.39 is 0 Å². The smallest absolute Gasteiger partial charge is 0.221 e. The Balaban J connectivity index is 1.43. The van der Waals surface area contributed by atoms with Crippen LogP contribution in [0, 0.1) is 0 Å². The Morgan fingerprint density at radius 3 is 2.09 bits per heavy atom. The van der Waals surface area contributed by atoms with Gasteiger partial charge in [-0.2, -0.15) is 0 Å². The van der Waals surface area contributed by atoms with Crippen molar-refractivity contribution in [3.05, 3.63) is 23.3 Å². The van der Waals surface area contributed by atoms with Gasteiger partial charge in [0, 0.05) is 19.5 Å². The lowest BCUT2D eigenvalue weighted by atomic mass is 9.97. The van der Waals surface area contributed by atoms with Crippen molar-refractivity contribution in [3.8, 4) is 0 Å². The number of rotatable bonds is 9. The first kappa shape index (κ1) is 17.3. The number of nitrogens with one attached hydrogen (secondary N) is 2. The molecule has 0 heterocycles. The lowest BCUT2D eigenvalue weighted by molar-refractivity contribution is -0.120. The Morgan fingerprint density at radius 2 is 1.50 bits per heavy atom. The van der Waals surface area contributed by atoms with Gasteiger partial charge in [-0.15, -0.1) is 0 Å². The normalized spacial score (nSPS) is 18.5. The summed E-state index contributed by atoms with van der Waals surface area (Å²) in [6, 6.07) is 0. The van der Waals surface area contributed by atoms with Crippen LogP contribution in [0.5, 0.6) is 0 Å². The van der Waals surface area contributed by atoms with Gasteiger partial charge in [0.1, 0.15) is 0 Å². The maximum Gasteiger partial charge on any atom is 0.221 e. The van der Waals surface area contributed by atoms with Crippen LogP contribution < -0.4 is 10.6 Å². The monoisotopic (exact) mass is 304 g/mol. The van der Waals surface area contributed by atoms with E-state index in [0.29, 0.717) is 6.42 Å². The second kappa shape index (κ2) is 10.6. The first-order valence-corrected chi connectivity index (χ1v) is 9.18. The summed E-state index contributed by atoms with van der Waals surface area (Å²) in [5.74, 6) is 0.181. The summed E-state index contributed by atoms with van der Waals surface area (Å²) in [5.41, 5.74) is 3.13. The Labute approximate surface area is 135 Å². The van der Waals surface area contributed by atoms with Gasteiger partial charge in [-0.3, -0.25) is 4.79 Å².